The van der Waals surface area contributed by atoms with Crippen LogP contribution < -0.4 is 4.74 Å². The van der Waals surface area contributed by atoms with Crippen LogP contribution >= 0.6 is 0 Å². The Hall–Kier alpha value is 0.0719. The van der Waals surface area contributed by atoms with Crippen LogP contribution in [-0.2, 0) is 6.42 Å². The van der Waals surface area contributed by atoms with Gasteiger partial charge in [-0.1, -0.05) is 19.1 Å². The minimum absolute atomic E-state index is 0. The summed E-state index contributed by atoms with van der Waals surface area (Å²) in [7, 11) is 1.68. The van der Waals surface area contributed by atoms with Gasteiger partial charge in [-0.25, -0.2) is 0 Å². The molecule has 1 rings (SSSR count). The molecule has 1 aromatic rings. The minimum Gasteiger partial charge on any atom is -0.497 e. The van der Waals surface area contributed by atoms with E-state index in [2.05, 4.69) is 19.1 Å². The van der Waals surface area contributed by atoms with E-state index < -0.39 is 0 Å². The summed E-state index contributed by atoms with van der Waals surface area (Å²) in [5, 5.41) is 0. The van der Waals surface area contributed by atoms with Gasteiger partial charge >= 0.3 is 0 Å². The molecule has 0 atom stereocenters. The first-order valence-corrected chi connectivity index (χ1v) is 3.49. The third kappa shape index (κ3) is 3.31. The van der Waals surface area contributed by atoms with Crippen LogP contribution in [0.5, 0.6) is 5.75 Å². The molecule has 0 bridgehead atoms. The molecular weight excluding hydrogens is 362 g/mol. The Morgan fingerprint density at radius 2 is 1.73 bits per heavy atom. The van der Waals surface area contributed by atoms with Crippen LogP contribution in [0.1, 0.15) is 12.5 Å². The number of ether oxygens (including phenoxy) is 1. The second-order valence-corrected chi connectivity index (χ2v) is 2.20. The molecule has 58 valence electrons. The van der Waals surface area contributed by atoms with Crippen molar-refractivity contribution in [2.24, 2.45) is 0 Å². The van der Waals surface area contributed by atoms with E-state index in [0.29, 0.717) is 0 Å². The first-order valence-electron chi connectivity index (χ1n) is 3.49. The molecule has 0 radical (unpaired) electrons. The van der Waals surface area contributed by atoms with Gasteiger partial charge in [0.1, 0.15) is 5.75 Å². The maximum Gasteiger partial charge on any atom is 0.118 e. The SMILES string of the molecule is CCc1ccc(OC)cc1.[U]. The van der Waals surface area contributed by atoms with Crippen molar-refractivity contribution in [3.05, 3.63) is 29.8 Å². The van der Waals surface area contributed by atoms with Gasteiger partial charge in [-0.15, -0.1) is 0 Å². The number of aryl methyl sites for hydroxylation is 1. The Morgan fingerprint density at radius 3 is 2.09 bits per heavy atom. The van der Waals surface area contributed by atoms with E-state index >= 15 is 0 Å². The molecule has 0 N–H and O–H groups in total. The second-order valence-electron chi connectivity index (χ2n) is 2.20. The Bertz CT molecular complexity index is 170. The molecule has 1 nitrogen and oxygen atoms in total. The molecule has 0 heterocycles. The number of hydrogen-bond donors (Lipinski definition) is 0. The van der Waals surface area contributed by atoms with Crippen molar-refractivity contribution in [1.82, 2.24) is 0 Å². The number of hydrogen-bond acceptors (Lipinski definition) is 1. The van der Waals surface area contributed by atoms with Gasteiger partial charge in [0, 0.05) is 31.1 Å². The summed E-state index contributed by atoms with van der Waals surface area (Å²) in [4.78, 5) is 0. The summed E-state index contributed by atoms with van der Waals surface area (Å²) >= 11 is 0. The van der Waals surface area contributed by atoms with Crippen LogP contribution in [0.15, 0.2) is 24.3 Å². The first-order chi connectivity index (χ1) is 4.86. The Labute approximate surface area is 91.5 Å². The molecule has 0 amide bonds. The maximum atomic E-state index is 5.01. The van der Waals surface area contributed by atoms with E-state index in [4.69, 9.17) is 4.74 Å². The molecule has 2 heteroatoms. The summed E-state index contributed by atoms with van der Waals surface area (Å²) in [6.45, 7) is 2.14. The van der Waals surface area contributed by atoms with E-state index in [1.54, 1.807) is 7.11 Å². The van der Waals surface area contributed by atoms with Crippen LogP contribution in [0.3, 0.4) is 0 Å². The minimum atomic E-state index is 0. The molecule has 1 aromatic carbocycles. The van der Waals surface area contributed by atoms with Crippen molar-refractivity contribution in [2.75, 3.05) is 7.11 Å². The largest absolute Gasteiger partial charge is 0.497 e. The van der Waals surface area contributed by atoms with Crippen LogP contribution in [0.4, 0.5) is 0 Å². The molecule has 0 saturated heterocycles. The van der Waals surface area contributed by atoms with E-state index in [0.717, 1.165) is 12.2 Å². The number of rotatable bonds is 2. The Kier molecular flexibility index (Phi) is 5.73. The smallest absolute Gasteiger partial charge is 0.118 e. The van der Waals surface area contributed by atoms with E-state index in [9.17, 15) is 0 Å². The average Bonchev–Trinajstić information content (AvgIpc) is 2.05. The fraction of sp³-hybridized carbons (Fsp3) is 0.333. The Balaban J connectivity index is 0.000001000. The monoisotopic (exact) mass is 374 g/mol. The van der Waals surface area contributed by atoms with Gasteiger partial charge in [-0.05, 0) is 24.1 Å². The summed E-state index contributed by atoms with van der Waals surface area (Å²) in [5.74, 6) is 0.928. The van der Waals surface area contributed by atoms with Crippen LogP contribution in [0.2, 0.25) is 0 Å². The molecule has 0 saturated carbocycles. The second kappa shape index (κ2) is 5.69. The van der Waals surface area contributed by atoms with E-state index in [1.807, 2.05) is 12.1 Å². The van der Waals surface area contributed by atoms with Crippen molar-refractivity contribution < 1.29 is 35.9 Å². The molecule has 0 aliphatic rings. The normalized spacial score (nSPS) is 8.55. The molecule has 0 unspecified atom stereocenters. The van der Waals surface area contributed by atoms with Gasteiger partial charge in [-0.3, -0.25) is 0 Å². The van der Waals surface area contributed by atoms with Gasteiger partial charge in [0.05, 0.1) is 7.11 Å². The van der Waals surface area contributed by atoms with Crippen molar-refractivity contribution in [2.45, 2.75) is 13.3 Å². The van der Waals surface area contributed by atoms with Gasteiger partial charge in [0.25, 0.3) is 0 Å². The fourth-order valence-electron chi connectivity index (χ4n) is 0.861. The van der Waals surface area contributed by atoms with Crippen LogP contribution in [-0.4, -0.2) is 7.11 Å². The third-order valence-corrected chi connectivity index (χ3v) is 1.57. The molecule has 0 aliphatic heterocycles. The summed E-state index contributed by atoms with van der Waals surface area (Å²) in [6.07, 6.45) is 1.09. The molecule has 0 aromatic heterocycles. The molecule has 11 heavy (non-hydrogen) atoms. The third-order valence-electron chi connectivity index (χ3n) is 1.57. The molecule has 0 aliphatic carbocycles. The summed E-state index contributed by atoms with van der Waals surface area (Å²) < 4.78 is 5.01. The molecule has 0 spiro atoms. The quantitative estimate of drug-likeness (QED) is 0.772. The predicted molar refractivity (Wildman–Crippen MR) is 42.4 cm³/mol. The van der Waals surface area contributed by atoms with E-state index in [1.165, 1.54) is 5.56 Å². The molecule has 0 fully saturated rings. The first kappa shape index (κ1) is 11.1. The van der Waals surface area contributed by atoms with Crippen LogP contribution in [0, 0.1) is 31.1 Å². The van der Waals surface area contributed by atoms with Gasteiger partial charge in [-0.2, -0.15) is 0 Å². The summed E-state index contributed by atoms with van der Waals surface area (Å²) in [6, 6.07) is 8.13. The van der Waals surface area contributed by atoms with Crippen LogP contribution in [0.25, 0.3) is 0 Å². The van der Waals surface area contributed by atoms with Gasteiger partial charge < -0.3 is 4.74 Å². The predicted octanol–water partition coefficient (Wildman–Crippen LogP) is 2.26. The average molecular weight is 374 g/mol. The van der Waals surface area contributed by atoms with Crippen molar-refractivity contribution >= 4 is 0 Å². The number of methoxy groups -OCH3 is 1. The van der Waals surface area contributed by atoms with Gasteiger partial charge in [0.2, 0.25) is 0 Å². The molecular formula is C9H12OU. The summed E-state index contributed by atoms with van der Waals surface area (Å²) in [5.41, 5.74) is 1.35. The van der Waals surface area contributed by atoms with Crippen molar-refractivity contribution in [1.29, 1.82) is 0 Å². The van der Waals surface area contributed by atoms with Gasteiger partial charge in [0.15, 0.2) is 0 Å². The zero-order valence-corrected chi connectivity index (χ0v) is 11.1. The number of benzene rings is 1. The van der Waals surface area contributed by atoms with Crippen molar-refractivity contribution in [3.63, 3.8) is 0 Å². The van der Waals surface area contributed by atoms with E-state index in [-0.39, 0.29) is 31.1 Å². The fourth-order valence-corrected chi connectivity index (χ4v) is 0.861. The zero-order chi connectivity index (χ0) is 7.40. The Morgan fingerprint density at radius 1 is 1.18 bits per heavy atom. The standard InChI is InChI=1S/C9H12O.U/c1-3-8-4-6-9(10-2)7-5-8;/h4-7H,3H2,1-2H3;. The van der Waals surface area contributed by atoms with Crippen molar-refractivity contribution in [3.8, 4) is 5.75 Å². The topological polar surface area (TPSA) is 9.23 Å². The maximum absolute atomic E-state index is 5.01. The zero-order valence-electron chi connectivity index (χ0n) is 6.92.